The number of hydrogen-bond donors (Lipinski definition) is 0. The molecule has 0 aliphatic rings. The summed E-state index contributed by atoms with van der Waals surface area (Å²) in [5.74, 6) is -5.01. The largest absolute Gasteiger partial charge is 0.490 e. The summed E-state index contributed by atoms with van der Waals surface area (Å²) in [5.41, 5.74) is -0.0253. The highest BCUT2D eigenvalue weighted by molar-refractivity contribution is 6.17. The summed E-state index contributed by atoms with van der Waals surface area (Å²) in [7, 11) is 0. The van der Waals surface area contributed by atoms with Crippen LogP contribution in [0.2, 0.25) is 0 Å². The first-order valence-electron chi connectivity index (χ1n) is 14.5. The molecule has 0 saturated carbocycles. The summed E-state index contributed by atoms with van der Waals surface area (Å²) in [4.78, 5) is 26.7. The Morgan fingerprint density at radius 3 is 1.43 bits per heavy atom. The Kier molecular flexibility index (Phi) is 9.33. The lowest BCUT2D eigenvalue weighted by Crippen LogP contribution is -2.35. The van der Waals surface area contributed by atoms with Crippen molar-refractivity contribution < 1.29 is 49.8 Å². The van der Waals surface area contributed by atoms with Gasteiger partial charge in [-0.1, -0.05) is 0 Å². The number of fused-ring (bicyclic) bond motifs is 3. The van der Waals surface area contributed by atoms with Crippen molar-refractivity contribution in [3.05, 3.63) is 107 Å². The molecule has 1 aromatic heterocycles. The number of nitrogens with zero attached hydrogens (tertiary/aromatic N) is 1. The molecule has 12 heteroatoms. The predicted octanol–water partition coefficient (Wildman–Crippen LogP) is 8.93. The van der Waals surface area contributed by atoms with E-state index in [1.165, 1.54) is 48.5 Å². The van der Waals surface area contributed by atoms with Crippen LogP contribution in [0.1, 0.15) is 45.7 Å². The van der Waals surface area contributed by atoms with Gasteiger partial charge in [-0.05, 0) is 98.8 Å². The quantitative estimate of drug-likeness (QED) is 0.0936. The molecule has 0 radical (unpaired) electrons. The maximum atomic E-state index is 13.8. The van der Waals surface area contributed by atoms with Gasteiger partial charge in [-0.3, -0.25) is 9.59 Å². The van der Waals surface area contributed by atoms with Crippen LogP contribution in [0, 0.1) is 0 Å². The Labute approximate surface area is 264 Å². The topological polar surface area (TPSA) is 57.5 Å². The van der Waals surface area contributed by atoms with Crippen molar-refractivity contribution in [3.63, 3.8) is 0 Å². The van der Waals surface area contributed by atoms with Gasteiger partial charge < -0.3 is 14.0 Å². The lowest BCUT2D eigenvalue weighted by molar-refractivity contribution is -0.148. The van der Waals surface area contributed by atoms with Crippen LogP contribution >= 0.6 is 0 Å². The lowest BCUT2D eigenvalue weighted by atomic mass is 9.99. The van der Waals surface area contributed by atoms with Crippen LogP contribution in [0.4, 0.5) is 30.7 Å². The lowest BCUT2D eigenvalue weighted by Gasteiger charge is -2.19. The summed E-state index contributed by atoms with van der Waals surface area (Å²) in [6, 6.07) is 21.2. The van der Waals surface area contributed by atoms with Crippen molar-refractivity contribution in [3.8, 4) is 11.5 Å². The molecule has 0 fully saturated rings. The molecule has 1 heterocycles. The minimum absolute atomic E-state index is 0.0998. The molecule has 4 aromatic carbocycles. The molecule has 0 bridgehead atoms. The van der Waals surface area contributed by atoms with Gasteiger partial charge in [-0.2, -0.15) is 8.78 Å². The van der Waals surface area contributed by atoms with Crippen molar-refractivity contribution in [2.24, 2.45) is 0 Å². The van der Waals surface area contributed by atoms with Gasteiger partial charge in [0.1, 0.15) is 18.1 Å². The number of aryl methyl sites for hydroxylation is 1. The Morgan fingerprint density at radius 1 is 0.638 bits per heavy atom. The fourth-order valence-electron chi connectivity index (χ4n) is 5.00. The maximum Gasteiger partial charge on any atom is 0.340 e. The molecule has 1 unspecified atom stereocenters. The first-order chi connectivity index (χ1) is 22.2. The molecular formula is C35H28F7NO4. The van der Waals surface area contributed by atoms with E-state index in [-0.39, 0.29) is 34.2 Å². The van der Waals surface area contributed by atoms with E-state index >= 15 is 0 Å². The number of carbonyl (C=O) groups is 2. The minimum Gasteiger partial charge on any atom is -0.490 e. The molecule has 0 aliphatic heterocycles. The summed E-state index contributed by atoms with van der Waals surface area (Å²) < 4.78 is 103. The smallest absolute Gasteiger partial charge is 0.340 e. The Bertz CT molecular complexity index is 1780. The molecule has 0 aliphatic carbocycles. The fraction of sp³-hybridized carbons (Fsp3) is 0.257. The number of rotatable bonds is 13. The molecular weight excluding hydrogens is 631 g/mol. The maximum absolute atomic E-state index is 13.8. The zero-order valence-corrected chi connectivity index (χ0v) is 25.1. The second-order valence-corrected chi connectivity index (χ2v) is 11.1. The fourth-order valence-corrected chi connectivity index (χ4v) is 5.00. The second-order valence-electron chi connectivity index (χ2n) is 11.1. The van der Waals surface area contributed by atoms with Crippen LogP contribution in [0.15, 0.2) is 84.9 Å². The Balaban J connectivity index is 1.39. The van der Waals surface area contributed by atoms with E-state index in [0.29, 0.717) is 28.4 Å². The van der Waals surface area contributed by atoms with E-state index in [9.17, 15) is 40.3 Å². The first kappa shape index (κ1) is 33.5. The molecule has 1 atom stereocenters. The average molecular weight is 660 g/mol. The van der Waals surface area contributed by atoms with E-state index in [1.807, 2.05) is 11.5 Å². The number of carbonyl (C=O) groups excluding carboxylic acids is 2. The molecule has 246 valence electrons. The van der Waals surface area contributed by atoms with Crippen molar-refractivity contribution >= 4 is 33.4 Å². The van der Waals surface area contributed by atoms with Crippen LogP contribution in [0.3, 0.4) is 0 Å². The van der Waals surface area contributed by atoms with Gasteiger partial charge in [0.2, 0.25) is 5.67 Å². The number of alkyl halides is 7. The number of aromatic nitrogens is 1. The van der Waals surface area contributed by atoms with Crippen LogP contribution in [0.25, 0.3) is 21.8 Å². The third-order valence-electron chi connectivity index (χ3n) is 7.67. The zero-order chi connectivity index (χ0) is 34.1. The summed E-state index contributed by atoms with van der Waals surface area (Å²) >= 11 is 0. The average Bonchev–Trinajstić information content (AvgIpc) is 3.38. The molecule has 47 heavy (non-hydrogen) atoms. The number of ether oxygens (including phenoxy) is 2. The van der Waals surface area contributed by atoms with Crippen molar-refractivity contribution in [1.82, 2.24) is 4.57 Å². The van der Waals surface area contributed by atoms with Crippen molar-refractivity contribution in [2.75, 3.05) is 13.2 Å². The monoisotopic (exact) mass is 659 g/mol. The van der Waals surface area contributed by atoms with Gasteiger partial charge in [-0.25, -0.2) is 22.0 Å². The van der Waals surface area contributed by atoms with E-state index in [4.69, 9.17) is 9.47 Å². The second kappa shape index (κ2) is 13.1. The zero-order valence-electron chi connectivity index (χ0n) is 25.1. The van der Waals surface area contributed by atoms with Crippen LogP contribution in [0.5, 0.6) is 11.5 Å². The first-order valence-corrected chi connectivity index (χ1v) is 14.5. The van der Waals surface area contributed by atoms with Crippen LogP contribution in [-0.2, 0) is 6.54 Å². The number of hydrogen-bond acceptors (Lipinski definition) is 4. The molecule has 0 N–H and O–H groups in total. The van der Waals surface area contributed by atoms with Crippen LogP contribution in [-0.4, -0.2) is 53.8 Å². The SMILES string of the molecule is CCn1c2ccc(C(=O)c3ccc(OCC(C)(F)C(F)F)cc3)cc2c2cc(C(=O)c3ccc(OCC(F)(F)C(F)F)cc3)ccc21. The van der Waals surface area contributed by atoms with Gasteiger partial charge in [0.15, 0.2) is 18.2 Å². The number of benzene rings is 4. The Hall–Kier alpha value is -4.87. The van der Waals surface area contributed by atoms with Crippen molar-refractivity contribution in [1.29, 1.82) is 0 Å². The molecule has 0 saturated heterocycles. The summed E-state index contributed by atoms with van der Waals surface area (Å²) in [6.07, 6.45) is -7.09. The normalized spacial score (nSPS) is 13.3. The van der Waals surface area contributed by atoms with Gasteiger partial charge in [0, 0.05) is 50.6 Å². The van der Waals surface area contributed by atoms with E-state index in [2.05, 4.69) is 0 Å². The van der Waals surface area contributed by atoms with Gasteiger partial charge in [0.05, 0.1) is 0 Å². The van der Waals surface area contributed by atoms with Crippen LogP contribution < -0.4 is 9.47 Å². The Morgan fingerprint density at radius 2 is 1.04 bits per heavy atom. The highest BCUT2D eigenvalue weighted by atomic mass is 19.3. The summed E-state index contributed by atoms with van der Waals surface area (Å²) in [5, 5.41) is 1.41. The third kappa shape index (κ3) is 6.96. The van der Waals surface area contributed by atoms with E-state index < -0.39 is 37.7 Å². The van der Waals surface area contributed by atoms with E-state index in [1.54, 1.807) is 36.4 Å². The van der Waals surface area contributed by atoms with Gasteiger partial charge in [-0.15, -0.1) is 0 Å². The molecule has 5 nitrogen and oxygen atoms in total. The number of halogens is 7. The standard InChI is InChI=1S/C35H28F7NO4/c1-3-43-28-14-8-22(30(44)20-4-10-24(11-5-20)46-18-34(2,40)32(36)37)16-26(28)27-17-23(9-15-29(27)43)31(45)21-6-12-25(13-7-21)47-19-35(41,42)33(38)39/h4-17,32-33H,3,18-19H2,1-2H3. The summed E-state index contributed by atoms with van der Waals surface area (Å²) in [6.45, 7) is 0.922. The predicted molar refractivity (Wildman–Crippen MR) is 162 cm³/mol. The minimum atomic E-state index is -4.31. The van der Waals surface area contributed by atoms with E-state index in [0.717, 1.165) is 18.0 Å². The molecule has 5 aromatic rings. The molecule has 0 spiro atoms. The molecule has 0 amide bonds. The number of ketones is 2. The highest BCUT2D eigenvalue weighted by Gasteiger charge is 2.41. The van der Waals surface area contributed by atoms with Gasteiger partial charge in [0.25, 0.3) is 6.43 Å². The van der Waals surface area contributed by atoms with Crippen molar-refractivity contribution in [2.45, 2.75) is 44.8 Å². The third-order valence-corrected chi connectivity index (χ3v) is 7.67. The molecule has 5 rings (SSSR count). The van der Waals surface area contributed by atoms with Gasteiger partial charge >= 0.3 is 12.3 Å². The highest BCUT2D eigenvalue weighted by Crippen LogP contribution is 2.32.